The first-order valence-electron chi connectivity index (χ1n) is 5.58. The fourth-order valence-corrected chi connectivity index (χ4v) is 2.68. The highest BCUT2D eigenvalue weighted by Gasteiger charge is 2.34. The smallest absolute Gasteiger partial charge is 0.311 e. The highest BCUT2D eigenvalue weighted by molar-refractivity contribution is 7.89. The average molecular weight is 286 g/mol. The number of hydrogen-bond acceptors (Lipinski definition) is 5. The van der Waals surface area contributed by atoms with Crippen molar-refractivity contribution in [2.75, 3.05) is 18.5 Å². The Morgan fingerprint density at radius 2 is 2.05 bits per heavy atom. The zero-order valence-electron chi connectivity index (χ0n) is 9.94. The number of carboxylic acids is 1. The highest BCUT2D eigenvalue weighted by Crippen LogP contribution is 2.24. The second kappa shape index (κ2) is 5.16. The van der Waals surface area contributed by atoms with E-state index in [9.17, 15) is 13.2 Å². The molecule has 8 heteroatoms. The number of primary sulfonamides is 1. The van der Waals surface area contributed by atoms with E-state index in [0.717, 1.165) is 0 Å². The van der Waals surface area contributed by atoms with Gasteiger partial charge in [-0.2, -0.15) is 0 Å². The number of nitrogens with two attached hydrogens (primary N) is 1. The number of aliphatic carboxylic acids is 1. The van der Waals surface area contributed by atoms with Gasteiger partial charge < -0.3 is 15.2 Å². The number of sulfonamides is 1. The largest absolute Gasteiger partial charge is 0.481 e. The zero-order valence-corrected chi connectivity index (χ0v) is 10.8. The molecule has 1 aromatic rings. The van der Waals surface area contributed by atoms with Crippen molar-refractivity contribution in [3.63, 3.8) is 0 Å². The van der Waals surface area contributed by atoms with Crippen molar-refractivity contribution in [1.29, 1.82) is 0 Å². The van der Waals surface area contributed by atoms with Crippen LogP contribution in [0.1, 0.15) is 0 Å². The summed E-state index contributed by atoms with van der Waals surface area (Å²) in [5.41, 5.74) is 0.284. The van der Waals surface area contributed by atoms with Gasteiger partial charge in [-0.3, -0.25) is 4.79 Å². The Morgan fingerprint density at radius 3 is 2.68 bits per heavy atom. The Balaban J connectivity index is 2.27. The molecule has 1 aromatic carbocycles. The van der Waals surface area contributed by atoms with Crippen LogP contribution in [0.2, 0.25) is 0 Å². The van der Waals surface area contributed by atoms with Gasteiger partial charge in [-0.05, 0) is 12.1 Å². The fraction of sp³-hybridized carbons (Fsp3) is 0.364. The number of benzene rings is 1. The maximum atomic E-state index is 11.4. The lowest BCUT2D eigenvalue weighted by atomic mass is 10.0. The maximum absolute atomic E-state index is 11.4. The van der Waals surface area contributed by atoms with E-state index in [1.54, 1.807) is 12.1 Å². The van der Waals surface area contributed by atoms with Crippen LogP contribution in [0.5, 0.6) is 0 Å². The fourth-order valence-electron chi connectivity index (χ4n) is 1.97. The molecule has 1 aliphatic rings. The topological polar surface area (TPSA) is 119 Å². The summed E-state index contributed by atoms with van der Waals surface area (Å²) in [7, 11) is -3.86. The third-order valence-electron chi connectivity index (χ3n) is 2.93. The predicted octanol–water partition coefficient (Wildman–Crippen LogP) is -0.155. The van der Waals surface area contributed by atoms with Crippen molar-refractivity contribution in [3.05, 3.63) is 24.3 Å². The normalized spacial score (nSPS) is 23.2. The molecule has 2 unspecified atom stereocenters. The van der Waals surface area contributed by atoms with Gasteiger partial charge in [0.1, 0.15) is 10.8 Å². The third kappa shape index (κ3) is 3.03. The van der Waals surface area contributed by atoms with Crippen LogP contribution < -0.4 is 10.5 Å². The number of ether oxygens (including phenoxy) is 1. The molecule has 2 rings (SSSR count). The Kier molecular flexibility index (Phi) is 3.74. The number of hydrogen-bond donors (Lipinski definition) is 3. The van der Waals surface area contributed by atoms with E-state index in [-0.39, 0.29) is 23.8 Å². The predicted molar refractivity (Wildman–Crippen MR) is 67.2 cm³/mol. The maximum Gasteiger partial charge on any atom is 0.311 e. The van der Waals surface area contributed by atoms with Gasteiger partial charge in [-0.1, -0.05) is 12.1 Å². The number of rotatable bonds is 4. The van der Waals surface area contributed by atoms with Crippen LogP contribution in [0.25, 0.3) is 0 Å². The molecule has 0 saturated carbocycles. The molecule has 7 nitrogen and oxygen atoms in total. The van der Waals surface area contributed by atoms with E-state index < -0.39 is 28.0 Å². The van der Waals surface area contributed by atoms with Gasteiger partial charge in [0, 0.05) is 0 Å². The van der Waals surface area contributed by atoms with Crippen molar-refractivity contribution in [2.45, 2.75) is 10.9 Å². The third-order valence-corrected chi connectivity index (χ3v) is 3.90. The van der Waals surface area contributed by atoms with Crippen LogP contribution in [-0.4, -0.2) is 38.7 Å². The van der Waals surface area contributed by atoms with E-state index in [4.69, 9.17) is 15.0 Å². The van der Waals surface area contributed by atoms with Crippen LogP contribution in [0, 0.1) is 5.92 Å². The minimum Gasteiger partial charge on any atom is -0.481 e. The van der Waals surface area contributed by atoms with E-state index in [1.807, 2.05) is 0 Å². The van der Waals surface area contributed by atoms with Crippen molar-refractivity contribution >= 4 is 21.7 Å². The molecule has 1 fully saturated rings. The monoisotopic (exact) mass is 286 g/mol. The summed E-state index contributed by atoms with van der Waals surface area (Å²) in [5, 5.41) is 17.0. The summed E-state index contributed by atoms with van der Waals surface area (Å²) in [4.78, 5) is 11.0. The first kappa shape index (κ1) is 13.8. The highest BCUT2D eigenvalue weighted by atomic mass is 32.2. The Hall–Kier alpha value is -1.64. The summed E-state index contributed by atoms with van der Waals surface area (Å²) in [6.45, 7) is 0.306. The number of anilines is 1. The molecular formula is C11H14N2O5S. The first-order valence-corrected chi connectivity index (χ1v) is 7.13. The van der Waals surface area contributed by atoms with Crippen LogP contribution in [-0.2, 0) is 19.6 Å². The number of carboxylic acid groups (broad SMARTS) is 1. The van der Waals surface area contributed by atoms with Crippen LogP contribution in [0.15, 0.2) is 29.2 Å². The van der Waals surface area contributed by atoms with Crippen LogP contribution >= 0.6 is 0 Å². The molecule has 0 aromatic heterocycles. The van der Waals surface area contributed by atoms with Crippen molar-refractivity contribution in [2.24, 2.45) is 11.1 Å². The lowest BCUT2D eigenvalue weighted by Gasteiger charge is -2.18. The number of nitrogens with one attached hydrogen (secondary N) is 1. The lowest BCUT2D eigenvalue weighted by Crippen LogP contribution is -2.33. The minimum absolute atomic E-state index is 0.0639. The van der Waals surface area contributed by atoms with E-state index in [1.165, 1.54) is 12.1 Å². The van der Waals surface area contributed by atoms with Gasteiger partial charge in [-0.15, -0.1) is 0 Å². The molecule has 104 valence electrons. The van der Waals surface area contributed by atoms with Crippen molar-refractivity contribution in [3.8, 4) is 0 Å². The Labute approximate surface area is 110 Å². The molecule has 0 bridgehead atoms. The second-order valence-corrected chi connectivity index (χ2v) is 5.80. The van der Waals surface area contributed by atoms with Gasteiger partial charge in [0.05, 0.1) is 24.9 Å². The lowest BCUT2D eigenvalue weighted by molar-refractivity contribution is -0.141. The molecule has 1 aliphatic heterocycles. The summed E-state index contributed by atoms with van der Waals surface area (Å²) >= 11 is 0. The van der Waals surface area contributed by atoms with Gasteiger partial charge in [0.25, 0.3) is 0 Å². The first-order chi connectivity index (χ1) is 8.89. The average Bonchev–Trinajstić information content (AvgIpc) is 2.76. The van der Waals surface area contributed by atoms with E-state index in [0.29, 0.717) is 0 Å². The van der Waals surface area contributed by atoms with Gasteiger partial charge in [0.2, 0.25) is 10.0 Å². The Bertz CT molecular complexity index is 587. The zero-order chi connectivity index (χ0) is 14.0. The summed E-state index contributed by atoms with van der Waals surface area (Å²) in [5.74, 6) is -1.70. The Morgan fingerprint density at radius 1 is 1.37 bits per heavy atom. The molecule has 2 atom stereocenters. The quantitative estimate of drug-likeness (QED) is 0.708. The molecule has 1 heterocycles. The summed E-state index contributed by atoms with van der Waals surface area (Å²) in [6, 6.07) is 5.61. The van der Waals surface area contributed by atoms with E-state index >= 15 is 0 Å². The summed E-state index contributed by atoms with van der Waals surface area (Å²) < 4.78 is 28.0. The van der Waals surface area contributed by atoms with Gasteiger partial charge in [-0.25, -0.2) is 13.6 Å². The standard InChI is InChI=1S/C11H14N2O5S/c12-19(16,17)10-4-2-1-3-8(10)13-9-6-18-5-7(9)11(14)15/h1-4,7,9,13H,5-6H2,(H,14,15)(H2,12,16,17). The van der Waals surface area contributed by atoms with Crippen molar-refractivity contribution in [1.82, 2.24) is 0 Å². The second-order valence-electron chi connectivity index (χ2n) is 4.27. The van der Waals surface area contributed by atoms with Gasteiger partial charge >= 0.3 is 5.97 Å². The molecule has 19 heavy (non-hydrogen) atoms. The number of carbonyl (C=O) groups is 1. The van der Waals surface area contributed by atoms with Gasteiger partial charge in [0.15, 0.2) is 0 Å². The van der Waals surface area contributed by atoms with Crippen LogP contribution in [0.4, 0.5) is 5.69 Å². The number of para-hydroxylation sites is 1. The van der Waals surface area contributed by atoms with Crippen LogP contribution in [0.3, 0.4) is 0 Å². The molecular weight excluding hydrogens is 272 g/mol. The molecule has 1 saturated heterocycles. The molecule has 0 aliphatic carbocycles. The van der Waals surface area contributed by atoms with E-state index in [2.05, 4.69) is 5.32 Å². The van der Waals surface area contributed by atoms with Crippen molar-refractivity contribution < 1.29 is 23.1 Å². The SMILES string of the molecule is NS(=O)(=O)c1ccccc1NC1COCC1C(=O)O. The molecule has 4 N–H and O–H groups in total. The summed E-state index contributed by atoms with van der Waals surface area (Å²) in [6.07, 6.45) is 0. The minimum atomic E-state index is -3.86. The molecule has 0 spiro atoms. The molecule has 0 radical (unpaired) electrons. The molecule has 0 amide bonds.